The molecule has 0 aliphatic rings. The van der Waals surface area contributed by atoms with E-state index >= 15 is 0 Å². The maximum atomic E-state index is 12.6. The number of nitrogens with zero attached hydrogens (tertiary/aromatic N) is 2. The van der Waals surface area contributed by atoms with E-state index in [2.05, 4.69) is 11.2 Å². The van der Waals surface area contributed by atoms with Crippen LogP contribution in [0.4, 0.5) is 0 Å². The molecule has 0 saturated carbocycles. The molecule has 6 heteroatoms. The number of ether oxygens (including phenoxy) is 1. The SMILES string of the molecule is Cc1noc(C)c1CSc1ccccc1C(=O)OCc1ccccc1C#N. The van der Waals surface area contributed by atoms with Crippen LogP contribution in [0.3, 0.4) is 0 Å². The van der Waals surface area contributed by atoms with Crippen LogP contribution in [0.15, 0.2) is 57.9 Å². The zero-order chi connectivity index (χ0) is 19.2. The molecule has 0 fully saturated rings. The van der Waals surface area contributed by atoms with Gasteiger partial charge in [0.1, 0.15) is 12.4 Å². The molecule has 5 nitrogen and oxygen atoms in total. The van der Waals surface area contributed by atoms with Crippen molar-refractivity contribution in [2.45, 2.75) is 31.1 Å². The van der Waals surface area contributed by atoms with Crippen molar-refractivity contribution in [3.05, 3.63) is 82.2 Å². The standard InChI is InChI=1S/C21H18N2O3S/c1-14-19(15(2)26-23-14)13-27-20-10-6-5-9-18(20)21(24)25-12-17-8-4-3-7-16(17)11-22/h3-10H,12-13H2,1-2H3. The average Bonchev–Trinajstić information content (AvgIpc) is 3.02. The van der Waals surface area contributed by atoms with Crippen molar-refractivity contribution in [1.82, 2.24) is 5.16 Å². The third kappa shape index (κ3) is 4.39. The summed E-state index contributed by atoms with van der Waals surface area (Å²) in [7, 11) is 0. The Kier molecular flexibility index (Phi) is 5.94. The van der Waals surface area contributed by atoms with E-state index < -0.39 is 5.97 Å². The summed E-state index contributed by atoms with van der Waals surface area (Å²) in [4.78, 5) is 13.4. The van der Waals surface area contributed by atoms with Crippen LogP contribution in [0.1, 0.15) is 38.5 Å². The van der Waals surface area contributed by atoms with E-state index in [0.717, 1.165) is 21.9 Å². The molecule has 0 bridgehead atoms. The highest BCUT2D eigenvalue weighted by Crippen LogP contribution is 2.29. The lowest BCUT2D eigenvalue weighted by atomic mass is 10.1. The van der Waals surface area contributed by atoms with Crippen molar-refractivity contribution in [2.24, 2.45) is 0 Å². The van der Waals surface area contributed by atoms with Crippen molar-refractivity contribution in [2.75, 3.05) is 0 Å². The molecule has 0 atom stereocenters. The Bertz CT molecular complexity index is 985. The molecule has 0 spiro atoms. The van der Waals surface area contributed by atoms with Gasteiger partial charge in [0.2, 0.25) is 0 Å². The highest BCUT2D eigenvalue weighted by molar-refractivity contribution is 7.98. The summed E-state index contributed by atoms with van der Waals surface area (Å²) in [6, 6.07) is 16.5. The van der Waals surface area contributed by atoms with E-state index in [1.165, 1.54) is 11.8 Å². The number of aryl methyl sites for hydroxylation is 2. The van der Waals surface area contributed by atoms with E-state index in [1.54, 1.807) is 30.3 Å². The lowest BCUT2D eigenvalue weighted by molar-refractivity contribution is 0.0468. The normalized spacial score (nSPS) is 10.4. The number of hydrogen-bond donors (Lipinski definition) is 0. The van der Waals surface area contributed by atoms with Gasteiger partial charge in [-0.05, 0) is 32.0 Å². The fourth-order valence-electron chi connectivity index (χ4n) is 2.60. The second-order valence-corrected chi connectivity index (χ2v) is 6.95. The van der Waals surface area contributed by atoms with Gasteiger partial charge in [0.15, 0.2) is 0 Å². The van der Waals surface area contributed by atoms with Crippen LogP contribution in [-0.4, -0.2) is 11.1 Å². The topological polar surface area (TPSA) is 76.1 Å². The van der Waals surface area contributed by atoms with Crippen LogP contribution in [0.25, 0.3) is 0 Å². The van der Waals surface area contributed by atoms with Gasteiger partial charge < -0.3 is 9.26 Å². The molecule has 0 saturated heterocycles. The van der Waals surface area contributed by atoms with E-state index in [9.17, 15) is 4.79 Å². The number of nitriles is 1. The quantitative estimate of drug-likeness (QED) is 0.452. The molecule has 0 aliphatic heterocycles. The summed E-state index contributed by atoms with van der Waals surface area (Å²) in [5, 5.41) is 13.1. The Hall–Kier alpha value is -3.04. The lowest BCUT2D eigenvalue weighted by Gasteiger charge is -2.10. The molecular formula is C21H18N2O3S. The zero-order valence-corrected chi connectivity index (χ0v) is 15.9. The fourth-order valence-corrected chi connectivity index (χ4v) is 3.79. The van der Waals surface area contributed by atoms with E-state index in [0.29, 0.717) is 22.4 Å². The van der Waals surface area contributed by atoms with Gasteiger partial charge in [-0.1, -0.05) is 35.5 Å². The molecule has 136 valence electrons. The third-order valence-corrected chi connectivity index (χ3v) is 5.26. The number of carbonyl (C=O) groups excluding carboxylic acids is 1. The molecule has 2 aromatic carbocycles. The maximum Gasteiger partial charge on any atom is 0.339 e. The summed E-state index contributed by atoms with van der Waals surface area (Å²) in [5.74, 6) is 1.03. The first-order valence-electron chi connectivity index (χ1n) is 8.39. The van der Waals surface area contributed by atoms with Crippen LogP contribution in [0.2, 0.25) is 0 Å². The van der Waals surface area contributed by atoms with Gasteiger partial charge in [-0.3, -0.25) is 0 Å². The number of thioether (sulfide) groups is 1. The minimum atomic E-state index is -0.412. The highest BCUT2D eigenvalue weighted by atomic mass is 32.2. The monoisotopic (exact) mass is 378 g/mol. The van der Waals surface area contributed by atoms with Crippen molar-refractivity contribution in [1.29, 1.82) is 5.26 Å². The molecule has 0 amide bonds. The number of rotatable bonds is 6. The Balaban J connectivity index is 1.71. The molecule has 0 radical (unpaired) electrons. The highest BCUT2D eigenvalue weighted by Gasteiger charge is 2.16. The molecule has 27 heavy (non-hydrogen) atoms. The third-order valence-electron chi connectivity index (χ3n) is 4.16. The summed E-state index contributed by atoms with van der Waals surface area (Å²) in [6.07, 6.45) is 0. The molecule has 0 aliphatic carbocycles. The van der Waals surface area contributed by atoms with Crippen LogP contribution in [-0.2, 0) is 17.1 Å². The number of esters is 1. The maximum absolute atomic E-state index is 12.6. The zero-order valence-electron chi connectivity index (χ0n) is 15.1. The van der Waals surface area contributed by atoms with Gasteiger partial charge in [0.05, 0.1) is 22.9 Å². The van der Waals surface area contributed by atoms with E-state index in [4.69, 9.17) is 14.5 Å². The summed E-state index contributed by atoms with van der Waals surface area (Å²) >= 11 is 1.54. The molecule has 3 rings (SSSR count). The average molecular weight is 378 g/mol. The number of hydrogen-bond acceptors (Lipinski definition) is 6. The first-order valence-corrected chi connectivity index (χ1v) is 9.37. The van der Waals surface area contributed by atoms with Crippen LogP contribution >= 0.6 is 11.8 Å². The molecule has 0 unspecified atom stereocenters. The Morgan fingerprint density at radius 1 is 1.19 bits per heavy atom. The lowest BCUT2D eigenvalue weighted by Crippen LogP contribution is -2.07. The minimum Gasteiger partial charge on any atom is -0.457 e. The van der Waals surface area contributed by atoms with Gasteiger partial charge in [0, 0.05) is 21.8 Å². The second kappa shape index (κ2) is 8.56. The Labute approximate surface area is 161 Å². The predicted octanol–water partition coefficient (Wildman–Crippen LogP) is 4.81. The largest absolute Gasteiger partial charge is 0.457 e. The first-order chi connectivity index (χ1) is 13.1. The Morgan fingerprint density at radius 2 is 1.93 bits per heavy atom. The van der Waals surface area contributed by atoms with Crippen molar-refractivity contribution >= 4 is 17.7 Å². The van der Waals surface area contributed by atoms with Crippen LogP contribution in [0, 0.1) is 25.2 Å². The number of aromatic nitrogens is 1. The van der Waals surface area contributed by atoms with Gasteiger partial charge >= 0.3 is 5.97 Å². The summed E-state index contributed by atoms with van der Waals surface area (Å²) < 4.78 is 10.6. The van der Waals surface area contributed by atoms with Crippen LogP contribution in [0.5, 0.6) is 0 Å². The fraction of sp³-hybridized carbons (Fsp3) is 0.190. The van der Waals surface area contributed by atoms with Gasteiger partial charge in [-0.2, -0.15) is 5.26 Å². The molecular weight excluding hydrogens is 360 g/mol. The molecule has 0 N–H and O–H groups in total. The van der Waals surface area contributed by atoms with Gasteiger partial charge in [-0.25, -0.2) is 4.79 Å². The van der Waals surface area contributed by atoms with Crippen molar-refractivity contribution < 1.29 is 14.1 Å². The molecule has 3 aromatic rings. The smallest absolute Gasteiger partial charge is 0.339 e. The Morgan fingerprint density at radius 3 is 2.67 bits per heavy atom. The minimum absolute atomic E-state index is 0.0609. The van der Waals surface area contributed by atoms with Gasteiger partial charge in [0.25, 0.3) is 0 Å². The second-order valence-electron chi connectivity index (χ2n) is 5.93. The predicted molar refractivity (Wildman–Crippen MR) is 102 cm³/mol. The first kappa shape index (κ1) is 18.7. The summed E-state index contributed by atoms with van der Waals surface area (Å²) in [5.41, 5.74) is 3.59. The molecule has 1 aromatic heterocycles. The van der Waals surface area contributed by atoms with Gasteiger partial charge in [-0.15, -0.1) is 11.8 Å². The summed E-state index contributed by atoms with van der Waals surface area (Å²) in [6.45, 7) is 3.84. The van der Waals surface area contributed by atoms with Crippen molar-refractivity contribution in [3.8, 4) is 6.07 Å². The van der Waals surface area contributed by atoms with E-state index in [-0.39, 0.29) is 6.61 Å². The van der Waals surface area contributed by atoms with E-state index in [1.807, 2.05) is 32.0 Å². The molecule has 1 heterocycles. The number of benzene rings is 2. The van der Waals surface area contributed by atoms with Crippen molar-refractivity contribution in [3.63, 3.8) is 0 Å². The number of carbonyl (C=O) groups is 1. The van der Waals surface area contributed by atoms with Crippen LogP contribution < -0.4 is 0 Å².